The number of aromatic amines is 2. The fourth-order valence-electron chi connectivity index (χ4n) is 7.33. The molecule has 0 radical (unpaired) electrons. The van der Waals surface area contributed by atoms with Crippen molar-refractivity contribution in [3.05, 3.63) is 72.6 Å². The third kappa shape index (κ3) is 8.95. The first-order valence-electron chi connectivity index (χ1n) is 18.8. The average molecular weight is 811 g/mol. The molecule has 0 bridgehead atoms. The molecule has 2 aliphatic heterocycles. The van der Waals surface area contributed by atoms with Gasteiger partial charge in [0, 0.05) is 12.8 Å². The smallest absolute Gasteiger partial charge is 0.407 e. The van der Waals surface area contributed by atoms with Crippen molar-refractivity contribution in [1.29, 1.82) is 0 Å². The molecule has 14 nitrogen and oxygen atoms in total. The van der Waals surface area contributed by atoms with Gasteiger partial charge in [-0.05, 0) is 34.1 Å². The van der Waals surface area contributed by atoms with Gasteiger partial charge in [0.1, 0.15) is 23.7 Å². The van der Waals surface area contributed by atoms with Gasteiger partial charge < -0.3 is 39.9 Å². The molecule has 0 unspecified atom stereocenters. The summed E-state index contributed by atoms with van der Waals surface area (Å²) in [7, 11) is 2.31. The largest absolute Gasteiger partial charge is 0.453 e. The maximum atomic E-state index is 14.8. The number of halogens is 4. The Labute approximate surface area is 332 Å². The van der Waals surface area contributed by atoms with E-state index in [2.05, 4.69) is 40.0 Å². The number of likely N-dealkylation sites (tertiary alicyclic amines) is 2. The second-order valence-electron chi connectivity index (χ2n) is 15.3. The topological polar surface area (TPSA) is 175 Å². The number of nitrogens with one attached hydrogen (secondary N) is 4. The lowest BCUT2D eigenvalue weighted by molar-refractivity contribution is -0.137. The van der Waals surface area contributed by atoms with Gasteiger partial charge in [-0.2, -0.15) is 0 Å². The summed E-state index contributed by atoms with van der Waals surface area (Å²) >= 11 is 0. The van der Waals surface area contributed by atoms with Crippen LogP contribution in [0.15, 0.2) is 60.9 Å². The van der Waals surface area contributed by atoms with E-state index in [1.807, 2.05) is 48.5 Å². The number of carbonyl (C=O) groups is 4. The first-order valence-corrected chi connectivity index (χ1v) is 18.8. The van der Waals surface area contributed by atoms with Crippen LogP contribution >= 0.6 is 0 Å². The fourth-order valence-corrected chi connectivity index (χ4v) is 7.33. The molecule has 0 aliphatic carbocycles. The monoisotopic (exact) mass is 810 g/mol. The zero-order valence-corrected chi connectivity index (χ0v) is 32.8. The van der Waals surface area contributed by atoms with Crippen LogP contribution in [0.5, 0.6) is 0 Å². The van der Waals surface area contributed by atoms with Crippen molar-refractivity contribution >= 4 is 24.0 Å². The molecule has 4 aromatic rings. The summed E-state index contributed by atoms with van der Waals surface area (Å²) in [4.78, 5) is 67.8. The highest BCUT2D eigenvalue weighted by molar-refractivity contribution is 5.87. The standard InChI is InChI=1S/C40H46F4N8O6/c1-21(2)31(49-37(55)57-5)35(53)51-19-39(41,42)15-29(51)33-45-17-27(47-33)25-11-7-23(8-12-25)24-9-13-26(14-10-24)28-18-46-34(48-28)30-16-40(43,44)20-52(30)36(54)32(22(3)4)50-38(56)58-6/h7-14,17-18,21-22,29-32H,15-16,19-20H2,1-6H3,(H,45,47)(H,46,48)(H,49,55)(H,50,56)/t29-,30-,31-,32-/m0/s1. The number of ether oxygens (including phenoxy) is 2. The number of benzene rings is 2. The summed E-state index contributed by atoms with van der Waals surface area (Å²) in [6.45, 7) is 5.15. The number of aromatic nitrogens is 4. The molecule has 4 N–H and O–H groups in total. The molecule has 4 heterocycles. The van der Waals surface area contributed by atoms with Gasteiger partial charge in [0.05, 0.1) is 63.2 Å². The van der Waals surface area contributed by atoms with Crippen LogP contribution in [-0.4, -0.2) is 105 Å². The zero-order chi connectivity index (χ0) is 42.1. The van der Waals surface area contributed by atoms with Gasteiger partial charge in [0.15, 0.2) is 0 Å². The minimum atomic E-state index is -3.16. The van der Waals surface area contributed by atoms with Crippen LogP contribution in [0.1, 0.15) is 64.3 Å². The van der Waals surface area contributed by atoms with E-state index in [0.717, 1.165) is 46.3 Å². The van der Waals surface area contributed by atoms with Crippen LogP contribution in [0.4, 0.5) is 27.2 Å². The lowest BCUT2D eigenvalue weighted by atomic mass is 10.0. The molecule has 2 aromatic carbocycles. The number of hydrogen-bond donors (Lipinski definition) is 4. The molecule has 2 aromatic heterocycles. The summed E-state index contributed by atoms with van der Waals surface area (Å²) in [5.74, 6) is -8.04. The van der Waals surface area contributed by atoms with E-state index in [-0.39, 0.29) is 11.6 Å². The first kappa shape index (κ1) is 41.7. The number of nitrogens with zero attached hydrogens (tertiary/aromatic N) is 4. The number of methoxy groups -OCH3 is 2. The molecule has 4 amide bonds. The normalized spacial score (nSPS) is 19.6. The number of amides is 4. The Morgan fingerprint density at radius 2 is 0.966 bits per heavy atom. The molecule has 0 spiro atoms. The Morgan fingerprint density at radius 1 is 0.638 bits per heavy atom. The van der Waals surface area contributed by atoms with E-state index in [4.69, 9.17) is 0 Å². The number of alkyl halides is 4. The number of imidazole rings is 2. The fraction of sp³-hybridized carbons (Fsp3) is 0.450. The summed E-state index contributed by atoms with van der Waals surface area (Å²) in [5.41, 5.74) is 4.31. The highest BCUT2D eigenvalue weighted by Gasteiger charge is 2.51. The SMILES string of the molecule is COC(=O)N[C@H](C(=O)N1CC(F)(F)C[C@H]1c1ncc(-c2ccc(-c3ccc(-c4cnc([C@@H]5CC(F)(F)CN5C(=O)[C@@H](NC(=O)OC)C(C)C)[nH]4)cc3)cc2)[nH]1)C(C)C. The van der Waals surface area contributed by atoms with Crippen molar-refractivity contribution in [2.24, 2.45) is 11.8 Å². The third-order valence-electron chi connectivity index (χ3n) is 10.4. The Morgan fingerprint density at radius 3 is 1.28 bits per heavy atom. The lowest BCUT2D eigenvalue weighted by Gasteiger charge is -2.29. The van der Waals surface area contributed by atoms with Crippen LogP contribution in [0.25, 0.3) is 33.6 Å². The van der Waals surface area contributed by atoms with Crippen LogP contribution in [0.3, 0.4) is 0 Å². The maximum Gasteiger partial charge on any atom is 0.407 e. The van der Waals surface area contributed by atoms with Gasteiger partial charge in [0.25, 0.3) is 11.8 Å². The Balaban J connectivity index is 1.15. The van der Waals surface area contributed by atoms with Crippen molar-refractivity contribution in [2.75, 3.05) is 27.3 Å². The highest BCUT2D eigenvalue weighted by atomic mass is 19.3. The van der Waals surface area contributed by atoms with E-state index >= 15 is 0 Å². The van der Waals surface area contributed by atoms with E-state index in [9.17, 15) is 36.7 Å². The van der Waals surface area contributed by atoms with Gasteiger partial charge in [-0.1, -0.05) is 76.2 Å². The Kier molecular flexibility index (Phi) is 11.9. The van der Waals surface area contributed by atoms with E-state index < -0.39 is 97.8 Å². The molecule has 310 valence electrons. The molecule has 18 heteroatoms. The third-order valence-corrected chi connectivity index (χ3v) is 10.4. The first-order chi connectivity index (χ1) is 27.4. The minimum Gasteiger partial charge on any atom is -0.453 e. The number of hydrogen-bond acceptors (Lipinski definition) is 8. The molecule has 58 heavy (non-hydrogen) atoms. The van der Waals surface area contributed by atoms with E-state index in [0.29, 0.717) is 11.4 Å². The van der Waals surface area contributed by atoms with Crippen LogP contribution < -0.4 is 10.6 Å². The summed E-state index contributed by atoms with van der Waals surface area (Å²) < 4.78 is 68.3. The van der Waals surface area contributed by atoms with E-state index in [1.165, 1.54) is 12.4 Å². The van der Waals surface area contributed by atoms with Gasteiger partial charge in [-0.25, -0.2) is 37.1 Å². The molecule has 4 atom stereocenters. The molecule has 2 aliphatic rings. The maximum absolute atomic E-state index is 14.8. The summed E-state index contributed by atoms with van der Waals surface area (Å²) in [5, 5.41) is 4.91. The van der Waals surface area contributed by atoms with Gasteiger partial charge in [-0.15, -0.1) is 0 Å². The number of rotatable bonds is 11. The lowest BCUT2D eigenvalue weighted by Crippen LogP contribution is -2.51. The Hall–Kier alpha value is -5.94. The second-order valence-corrected chi connectivity index (χ2v) is 15.3. The second kappa shape index (κ2) is 16.5. The van der Waals surface area contributed by atoms with Crippen molar-refractivity contribution < 1.29 is 46.2 Å². The van der Waals surface area contributed by atoms with Gasteiger partial charge in [-0.3, -0.25) is 9.59 Å². The summed E-state index contributed by atoms with van der Waals surface area (Å²) in [6, 6.07) is 10.7. The molecule has 2 saturated heterocycles. The van der Waals surface area contributed by atoms with Gasteiger partial charge in [0.2, 0.25) is 11.8 Å². The zero-order valence-electron chi connectivity index (χ0n) is 32.8. The number of carbonyl (C=O) groups excluding carboxylic acids is 4. The van der Waals surface area contributed by atoms with Crippen molar-refractivity contribution in [3.8, 4) is 33.6 Å². The van der Waals surface area contributed by atoms with E-state index in [1.54, 1.807) is 27.7 Å². The van der Waals surface area contributed by atoms with Crippen molar-refractivity contribution in [3.63, 3.8) is 0 Å². The van der Waals surface area contributed by atoms with Crippen LogP contribution in [0.2, 0.25) is 0 Å². The molecular formula is C40H46F4N8O6. The van der Waals surface area contributed by atoms with Crippen LogP contribution in [-0.2, 0) is 19.1 Å². The molecule has 0 saturated carbocycles. The predicted octanol–water partition coefficient (Wildman–Crippen LogP) is 6.71. The predicted molar refractivity (Wildman–Crippen MR) is 203 cm³/mol. The average Bonchev–Trinajstić information content (AvgIpc) is 4.00. The number of alkyl carbamates (subject to hydrolysis) is 2. The molecule has 2 fully saturated rings. The van der Waals surface area contributed by atoms with Crippen molar-refractivity contribution in [1.82, 2.24) is 40.4 Å². The van der Waals surface area contributed by atoms with Gasteiger partial charge >= 0.3 is 12.2 Å². The number of H-pyrrole nitrogens is 2. The quantitative estimate of drug-likeness (QED) is 0.121. The van der Waals surface area contributed by atoms with Crippen molar-refractivity contribution in [2.45, 2.75) is 76.5 Å². The Bertz CT molecular complexity index is 1970. The highest BCUT2D eigenvalue weighted by Crippen LogP contribution is 2.43. The van der Waals surface area contributed by atoms with Crippen LogP contribution in [0, 0.1) is 11.8 Å². The molecular weight excluding hydrogens is 764 g/mol. The molecule has 6 rings (SSSR count). The minimum absolute atomic E-state index is 0.194. The summed E-state index contributed by atoms with van der Waals surface area (Å²) in [6.07, 6.45) is 0.0997.